The van der Waals surface area contributed by atoms with Crippen LogP contribution in [0.5, 0.6) is 0 Å². The number of nitrogens with one attached hydrogen (secondary N) is 1. The Balaban J connectivity index is 2.22. The smallest absolute Gasteiger partial charge is 0.165 e. The number of unbranched alkanes of at least 4 members (excludes halogenated alkanes) is 1. The minimum atomic E-state index is 0.518. The van der Waals surface area contributed by atoms with E-state index >= 15 is 0 Å². The molecule has 0 radical (unpaired) electrons. The zero-order chi connectivity index (χ0) is 14.4. The lowest BCUT2D eigenvalue weighted by molar-refractivity contribution is 0.593. The molecule has 2 rings (SSSR count). The molecule has 20 heavy (non-hydrogen) atoms. The van der Waals surface area contributed by atoms with Crippen molar-refractivity contribution in [3.63, 3.8) is 0 Å². The average molecular weight is 272 g/mol. The number of aromatic nitrogens is 3. The maximum atomic E-state index is 4.21. The molecule has 1 unspecified atom stereocenters. The second kappa shape index (κ2) is 7.08. The molecule has 0 fully saturated rings. The number of para-hydroxylation sites is 1. The van der Waals surface area contributed by atoms with Crippen molar-refractivity contribution in [2.24, 2.45) is 7.05 Å². The monoisotopic (exact) mass is 272 g/mol. The van der Waals surface area contributed by atoms with Crippen LogP contribution < -0.4 is 5.32 Å². The summed E-state index contributed by atoms with van der Waals surface area (Å²) in [4.78, 5) is 0. The molecule has 0 bridgehead atoms. The fourth-order valence-corrected chi connectivity index (χ4v) is 2.38. The van der Waals surface area contributed by atoms with Crippen molar-refractivity contribution in [2.45, 2.75) is 45.6 Å². The van der Waals surface area contributed by atoms with Crippen molar-refractivity contribution in [1.29, 1.82) is 0 Å². The van der Waals surface area contributed by atoms with Crippen LogP contribution in [0.3, 0.4) is 0 Å². The molecule has 0 saturated carbocycles. The summed E-state index contributed by atoms with van der Waals surface area (Å²) in [5, 5.41) is 11.9. The average Bonchev–Trinajstić information content (AvgIpc) is 2.90. The zero-order valence-electron chi connectivity index (χ0n) is 12.6. The fraction of sp³-hybridized carbons (Fsp3) is 0.500. The van der Waals surface area contributed by atoms with E-state index < -0.39 is 0 Å². The molecular formula is C16H24N4. The third kappa shape index (κ3) is 3.38. The maximum Gasteiger partial charge on any atom is 0.165 e. The minimum absolute atomic E-state index is 0.518. The van der Waals surface area contributed by atoms with Gasteiger partial charge in [-0.2, -0.15) is 0 Å². The standard InChI is InChI=1S/C16H24N4/c1-4-6-9-13(5-2)18-15-11-8-7-10-14(15)16-19-17-12-20(16)3/h7-8,10-13,18H,4-6,9H2,1-3H3. The quantitative estimate of drug-likeness (QED) is 0.832. The van der Waals surface area contributed by atoms with E-state index in [1.54, 1.807) is 6.33 Å². The summed E-state index contributed by atoms with van der Waals surface area (Å²) in [6, 6.07) is 8.85. The van der Waals surface area contributed by atoms with Gasteiger partial charge in [0, 0.05) is 24.3 Å². The third-order valence-electron chi connectivity index (χ3n) is 3.64. The van der Waals surface area contributed by atoms with Crippen LogP contribution >= 0.6 is 0 Å². The number of nitrogens with zero attached hydrogens (tertiary/aromatic N) is 3. The van der Waals surface area contributed by atoms with Crippen molar-refractivity contribution in [3.8, 4) is 11.4 Å². The first-order chi connectivity index (χ1) is 9.76. The van der Waals surface area contributed by atoms with Crippen LogP contribution in [-0.4, -0.2) is 20.8 Å². The molecule has 0 aliphatic heterocycles. The van der Waals surface area contributed by atoms with E-state index in [0.29, 0.717) is 6.04 Å². The molecule has 1 N–H and O–H groups in total. The summed E-state index contributed by atoms with van der Waals surface area (Å²) in [7, 11) is 1.97. The maximum absolute atomic E-state index is 4.21. The lowest BCUT2D eigenvalue weighted by Crippen LogP contribution is -2.18. The lowest BCUT2D eigenvalue weighted by Gasteiger charge is -2.20. The predicted octanol–water partition coefficient (Wildman–Crippen LogP) is 3.86. The summed E-state index contributed by atoms with van der Waals surface area (Å²) in [6.07, 6.45) is 6.58. The van der Waals surface area contributed by atoms with Crippen molar-refractivity contribution < 1.29 is 0 Å². The van der Waals surface area contributed by atoms with Gasteiger partial charge in [-0.1, -0.05) is 38.8 Å². The molecule has 0 spiro atoms. The SMILES string of the molecule is CCCCC(CC)Nc1ccccc1-c1nncn1C. The summed E-state index contributed by atoms with van der Waals surface area (Å²) >= 11 is 0. The van der Waals surface area contributed by atoms with Crippen LogP contribution in [0.1, 0.15) is 39.5 Å². The van der Waals surface area contributed by atoms with Gasteiger partial charge in [0.25, 0.3) is 0 Å². The van der Waals surface area contributed by atoms with Crippen molar-refractivity contribution in [1.82, 2.24) is 14.8 Å². The van der Waals surface area contributed by atoms with Gasteiger partial charge in [-0.15, -0.1) is 10.2 Å². The van der Waals surface area contributed by atoms with Gasteiger partial charge in [-0.25, -0.2) is 0 Å². The Morgan fingerprint density at radius 1 is 1.25 bits per heavy atom. The summed E-state index contributed by atoms with van der Waals surface area (Å²) in [6.45, 7) is 4.47. The van der Waals surface area contributed by atoms with Gasteiger partial charge in [0.05, 0.1) is 0 Å². The van der Waals surface area contributed by atoms with Crippen LogP contribution in [0.2, 0.25) is 0 Å². The van der Waals surface area contributed by atoms with Crippen LogP contribution in [0.25, 0.3) is 11.4 Å². The Labute approximate surface area is 121 Å². The van der Waals surface area contributed by atoms with Gasteiger partial charge in [-0.3, -0.25) is 0 Å². The topological polar surface area (TPSA) is 42.7 Å². The van der Waals surface area contributed by atoms with Gasteiger partial charge in [0.2, 0.25) is 0 Å². The van der Waals surface area contributed by atoms with Crippen LogP contribution in [0.15, 0.2) is 30.6 Å². The Kier molecular flexibility index (Phi) is 5.16. The van der Waals surface area contributed by atoms with Crippen LogP contribution in [0.4, 0.5) is 5.69 Å². The minimum Gasteiger partial charge on any atom is -0.382 e. The first-order valence-corrected chi connectivity index (χ1v) is 7.46. The zero-order valence-corrected chi connectivity index (χ0v) is 12.6. The fourth-order valence-electron chi connectivity index (χ4n) is 2.38. The van der Waals surface area contributed by atoms with E-state index in [9.17, 15) is 0 Å². The van der Waals surface area contributed by atoms with E-state index in [2.05, 4.69) is 47.6 Å². The second-order valence-electron chi connectivity index (χ2n) is 5.20. The Morgan fingerprint density at radius 2 is 2.05 bits per heavy atom. The number of hydrogen-bond donors (Lipinski definition) is 1. The summed E-state index contributed by atoms with van der Waals surface area (Å²) in [5.41, 5.74) is 2.26. The van der Waals surface area contributed by atoms with Crippen molar-refractivity contribution in [3.05, 3.63) is 30.6 Å². The van der Waals surface area contributed by atoms with E-state index in [0.717, 1.165) is 23.5 Å². The number of rotatable bonds is 7. The number of hydrogen-bond acceptors (Lipinski definition) is 3. The largest absolute Gasteiger partial charge is 0.382 e. The van der Waals surface area contributed by atoms with Gasteiger partial charge in [-0.05, 0) is 25.0 Å². The molecule has 1 aromatic heterocycles. The van der Waals surface area contributed by atoms with E-state index in [4.69, 9.17) is 0 Å². The number of aryl methyl sites for hydroxylation is 1. The normalized spacial score (nSPS) is 12.3. The molecule has 4 nitrogen and oxygen atoms in total. The first-order valence-electron chi connectivity index (χ1n) is 7.46. The van der Waals surface area contributed by atoms with Gasteiger partial charge < -0.3 is 9.88 Å². The third-order valence-corrected chi connectivity index (χ3v) is 3.64. The lowest BCUT2D eigenvalue weighted by atomic mass is 10.1. The summed E-state index contributed by atoms with van der Waals surface area (Å²) in [5.74, 6) is 0.901. The molecule has 2 aromatic rings. The number of benzene rings is 1. The van der Waals surface area contributed by atoms with E-state index in [1.165, 1.54) is 19.3 Å². The van der Waals surface area contributed by atoms with E-state index in [-0.39, 0.29) is 0 Å². The molecule has 108 valence electrons. The van der Waals surface area contributed by atoms with Crippen LogP contribution in [-0.2, 0) is 7.05 Å². The first kappa shape index (κ1) is 14.6. The molecule has 1 atom stereocenters. The summed E-state index contributed by atoms with van der Waals surface area (Å²) < 4.78 is 1.95. The molecule has 1 aromatic carbocycles. The highest BCUT2D eigenvalue weighted by molar-refractivity contribution is 5.73. The highest BCUT2D eigenvalue weighted by Gasteiger charge is 2.12. The Morgan fingerprint density at radius 3 is 2.70 bits per heavy atom. The number of anilines is 1. The molecule has 0 aliphatic rings. The molecule has 0 saturated heterocycles. The molecular weight excluding hydrogens is 248 g/mol. The highest BCUT2D eigenvalue weighted by Crippen LogP contribution is 2.27. The Hall–Kier alpha value is -1.84. The Bertz CT molecular complexity index is 533. The van der Waals surface area contributed by atoms with Gasteiger partial charge >= 0.3 is 0 Å². The van der Waals surface area contributed by atoms with Gasteiger partial charge in [0.1, 0.15) is 6.33 Å². The second-order valence-corrected chi connectivity index (χ2v) is 5.20. The van der Waals surface area contributed by atoms with Gasteiger partial charge in [0.15, 0.2) is 5.82 Å². The van der Waals surface area contributed by atoms with Crippen molar-refractivity contribution >= 4 is 5.69 Å². The predicted molar refractivity (Wildman–Crippen MR) is 83.7 cm³/mol. The molecule has 0 amide bonds. The van der Waals surface area contributed by atoms with Crippen molar-refractivity contribution in [2.75, 3.05) is 5.32 Å². The highest BCUT2D eigenvalue weighted by atomic mass is 15.2. The molecule has 1 heterocycles. The molecule has 4 heteroatoms. The van der Waals surface area contributed by atoms with E-state index in [1.807, 2.05) is 17.7 Å². The van der Waals surface area contributed by atoms with Crippen LogP contribution in [0, 0.1) is 0 Å². The molecule has 0 aliphatic carbocycles.